The average molecular weight is 592 g/mol. The molecule has 0 aliphatic rings. The Balaban J connectivity index is 2.31. The number of carboxylic acid groups (broad SMARTS) is 1. The molecular formula is C25H37N9O6S. The van der Waals surface area contributed by atoms with Crippen molar-refractivity contribution in [1.82, 2.24) is 20.9 Å². The predicted octanol–water partition coefficient (Wildman–Crippen LogP) is -2.17. The van der Waals surface area contributed by atoms with Crippen LogP contribution >= 0.6 is 12.6 Å². The number of amides is 4. The van der Waals surface area contributed by atoms with Crippen LogP contribution in [0, 0.1) is 0 Å². The number of carbonyl (C=O) groups is 5. The molecule has 13 N–H and O–H groups in total. The number of para-hydroxylation sites is 1. The second kappa shape index (κ2) is 16.1. The quantitative estimate of drug-likeness (QED) is 0.0414. The van der Waals surface area contributed by atoms with Crippen molar-refractivity contribution >= 4 is 59.1 Å². The number of thiol groups is 1. The van der Waals surface area contributed by atoms with Crippen LogP contribution in [-0.4, -0.2) is 82.1 Å². The van der Waals surface area contributed by atoms with Crippen molar-refractivity contribution in [2.45, 2.75) is 56.3 Å². The number of nitrogens with two attached hydrogens (primary N) is 4. The smallest absolute Gasteiger partial charge is 0.326 e. The van der Waals surface area contributed by atoms with Crippen LogP contribution in [0.5, 0.6) is 0 Å². The van der Waals surface area contributed by atoms with Crippen molar-refractivity contribution in [3.8, 4) is 0 Å². The molecule has 4 unspecified atom stereocenters. The third kappa shape index (κ3) is 10.6. The number of aliphatic imine (C=N–C) groups is 1. The average Bonchev–Trinajstić information content (AvgIpc) is 3.33. The highest BCUT2D eigenvalue weighted by atomic mass is 32.1. The summed E-state index contributed by atoms with van der Waals surface area (Å²) in [5.74, 6) is -4.37. The first-order valence-corrected chi connectivity index (χ1v) is 13.4. The number of nitrogens with zero attached hydrogens (tertiary/aromatic N) is 1. The minimum absolute atomic E-state index is 0.00134. The zero-order valence-electron chi connectivity index (χ0n) is 22.3. The highest BCUT2D eigenvalue weighted by Crippen LogP contribution is 2.19. The van der Waals surface area contributed by atoms with Gasteiger partial charge in [-0.3, -0.25) is 24.2 Å². The van der Waals surface area contributed by atoms with Gasteiger partial charge in [-0.1, -0.05) is 18.2 Å². The molecule has 224 valence electrons. The Morgan fingerprint density at radius 1 is 0.927 bits per heavy atom. The van der Waals surface area contributed by atoms with Crippen LogP contribution < -0.4 is 38.9 Å². The standard InChI is InChI=1S/C25H37N9O6S/c26-15(12-41)21(36)32-17(7-8-20(27)35)22(37)34-19(10-13-11-31-16-5-2-1-4-14(13)16)23(38)33-18(24(39)40)6-3-9-30-25(28)29/h1-2,4-5,11,15,17-19,31,41H,3,6-10,12,26H2,(H2,27,35)(H,32,36)(H,33,38)(H,34,37)(H,39,40)(H4,28,29,30). The second-order valence-electron chi connectivity index (χ2n) is 9.33. The molecule has 4 amide bonds. The number of guanidine groups is 1. The van der Waals surface area contributed by atoms with Crippen molar-refractivity contribution in [2.75, 3.05) is 12.3 Å². The van der Waals surface area contributed by atoms with Gasteiger partial charge in [0.2, 0.25) is 23.6 Å². The Kier molecular flexibility index (Phi) is 12.9. The van der Waals surface area contributed by atoms with Gasteiger partial charge in [0.25, 0.3) is 0 Å². The fourth-order valence-electron chi connectivity index (χ4n) is 3.95. The lowest BCUT2D eigenvalue weighted by molar-refractivity contribution is -0.142. The number of fused-ring (bicyclic) bond motifs is 1. The van der Waals surface area contributed by atoms with Crippen LogP contribution in [0.15, 0.2) is 35.5 Å². The molecule has 2 rings (SSSR count). The van der Waals surface area contributed by atoms with Crippen molar-refractivity contribution < 1.29 is 29.1 Å². The van der Waals surface area contributed by atoms with E-state index in [0.29, 0.717) is 5.56 Å². The maximum absolute atomic E-state index is 13.4. The third-order valence-electron chi connectivity index (χ3n) is 6.14. The Morgan fingerprint density at radius 3 is 2.20 bits per heavy atom. The highest BCUT2D eigenvalue weighted by molar-refractivity contribution is 7.80. The lowest BCUT2D eigenvalue weighted by Crippen LogP contribution is -2.57. The van der Waals surface area contributed by atoms with Crippen LogP contribution in [0.25, 0.3) is 10.9 Å². The predicted molar refractivity (Wildman–Crippen MR) is 156 cm³/mol. The molecule has 2 aromatic rings. The number of nitrogens with one attached hydrogen (secondary N) is 4. The molecule has 15 nitrogen and oxygen atoms in total. The van der Waals surface area contributed by atoms with Gasteiger partial charge < -0.3 is 49.0 Å². The van der Waals surface area contributed by atoms with Gasteiger partial charge in [0.15, 0.2) is 5.96 Å². The first kappa shape index (κ1) is 32.9. The molecular weight excluding hydrogens is 554 g/mol. The van der Waals surface area contributed by atoms with Gasteiger partial charge in [0.1, 0.15) is 18.1 Å². The van der Waals surface area contributed by atoms with E-state index < -0.39 is 53.8 Å². The van der Waals surface area contributed by atoms with E-state index in [1.807, 2.05) is 24.3 Å². The molecule has 41 heavy (non-hydrogen) atoms. The maximum atomic E-state index is 13.4. The zero-order valence-corrected chi connectivity index (χ0v) is 23.2. The summed E-state index contributed by atoms with van der Waals surface area (Å²) in [6.45, 7) is 0.160. The summed E-state index contributed by atoms with van der Waals surface area (Å²) in [6.07, 6.45) is 1.56. The van der Waals surface area contributed by atoms with E-state index in [0.717, 1.165) is 10.9 Å². The molecule has 0 radical (unpaired) electrons. The Bertz CT molecular complexity index is 1260. The molecule has 16 heteroatoms. The number of primary amides is 1. The molecule has 1 aromatic carbocycles. The summed E-state index contributed by atoms with van der Waals surface area (Å²) in [5.41, 5.74) is 23.0. The number of aromatic nitrogens is 1. The summed E-state index contributed by atoms with van der Waals surface area (Å²) < 4.78 is 0. The molecule has 0 bridgehead atoms. The van der Waals surface area contributed by atoms with E-state index in [9.17, 15) is 29.1 Å². The fraction of sp³-hybridized carbons (Fsp3) is 0.440. The molecule has 1 heterocycles. The van der Waals surface area contributed by atoms with Crippen LogP contribution in [-0.2, 0) is 30.4 Å². The molecule has 0 aliphatic heterocycles. The number of hydrogen-bond donors (Lipinski definition) is 10. The second-order valence-corrected chi connectivity index (χ2v) is 9.69. The Labute approximate surface area is 241 Å². The van der Waals surface area contributed by atoms with E-state index >= 15 is 0 Å². The topological polar surface area (TPSA) is 274 Å². The zero-order chi connectivity index (χ0) is 30.5. The van der Waals surface area contributed by atoms with E-state index in [1.165, 1.54) is 0 Å². The number of aliphatic carboxylic acids is 1. The van der Waals surface area contributed by atoms with Crippen molar-refractivity contribution in [3.63, 3.8) is 0 Å². The van der Waals surface area contributed by atoms with Gasteiger partial charge >= 0.3 is 5.97 Å². The first-order chi connectivity index (χ1) is 19.4. The summed E-state index contributed by atoms with van der Waals surface area (Å²) in [6, 6.07) is 2.47. The van der Waals surface area contributed by atoms with E-state index in [2.05, 4.69) is 38.6 Å². The van der Waals surface area contributed by atoms with Crippen LogP contribution in [0.2, 0.25) is 0 Å². The SMILES string of the molecule is NC(=O)CCC(NC(=O)C(N)CS)C(=O)NC(Cc1c[nH]c2ccccc12)C(=O)NC(CCCN=C(N)N)C(=O)O. The maximum Gasteiger partial charge on any atom is 0.326 e. The minimum Gasteiger partial charge on any atom is -0.480 e. The minimum atomic E-state index is -1.29. The van der Waals surface area contributed by atoms with Gasteiger partial charge in [0.05, 0.1) is 6.04 Å². The largest absolute Gasteiger partial charge is 0.480 e. The number of benzene rings is 1. The Hall–Kier alpha value is -4.31. The fourth-order valence-corrected chi connectivity index (χ4v) is 4.12. The molecule has 0 saturated heterocycles. The summed E-state index contributed by atoms with van der Waals surface area (Å²) in [5, 5.41) is 18.0. The number of carboxylic acids is 1. The molecule has 1 aromatic heterocycles. The molecule has 0 saturated carbocycles. The summed E-state index contributed by atoms with van der Waals surface area (Å²) in [7, 11) is 0. The van der Waals surface area contributed by atoms with Gasteiger partial charge in [-0.05, 0) is 30.9 Å². The molecule has 0 aliphatic carbocycles. The van der Waals surface area contributed by atoms with Crippen LogP contribution in [0.1, 0.15) is 31.2 Å². The number of carbonyl (C=O) groups excluding carboxylic acids is 4. The first-order valence-electron chi connectivity index (χ1n) is 12.8. The number of rotatable bonds is 17. The van der Waals surface area contributed by atoms with Gasteiger partial charge in [-0.25, -0.2) is 4.79 Å². The lowest BCUT2D eigenvalue weighted by atomic mass is 10.0. The Morgan fingerprint density at radius 2 is 1.56 bits per heavy atom. The molecule has 0 fully saturated rings. The molecule has 4 atom stereocenters. The number of hydrogen-bond acceptors (Lipinski definition) is 8. The normalized spacial score (nSPS) is 13.8. The van der Waals surface area contributed by atoms with Crippen molar-refractivity contribution in [3.05, 3.63) is 36.0 Å². The van der Waals surface area contributed by atoms with Crippen molar-refractivity contribution in [2.24, 2.45) is 27.9 Å². The number of H-pyrrole nitrogens is 1. The number of aromatic amines is 1. The van der Waals surface area contributed by atoms with Gasteiger partial charge in [0, 0.05) is 42.2 Å². The van der Waals surface area contributed by atoms with Crippen molar-refractivity contribution in [1.29, 1.82) is 0 Å². The van der Waals surface area contributed by atoms with E-state index in [4.69, 9.17) is 22.9 Å². The van der Waals surface area contributed by atoms with E-state index in [1.54, 1.807) is 6.20 Å². The van der Waals surface area contributed by atoms with Crippen LogP contribution in [0.3, 0.4) is 0 Å². The molecule has 0 spiro atoms. The van der Waals surface area contributed by atoms with Gasteiger partial charge in [-0.15, -0.1) is 0 Å². The third-order valence-corrected chi connectivity index (χ3v) is 6.53. The lowest BCUT2D eigenvalue weighted by Gasteiger charge is -2.25. The van der Waals surface area contributed by atoms with Crippen LogP contribution in [0.4, 0.5) is 0 Å². The summed E-state index contributed by atoms with van der Waals surface area (Å²) in [4.78, 5) is 69.3. The van der Waals surface area contributed by atoms with E-state index in [-0.39, 0.29) is 50.4 Å². The monoisotopic (exact) mass is 591 g/mol. The summed E-state index contributed by atoms with van der Waals surface area (Å²) >= 11 is 3.98. The highest BCUT2D eigenvalue weighted by Gasteiger charge is 2.31. The van der Waals surface area contributed by atoms with Gasteiger partial charge in [-0.2, -0.15) is 12.6 Å².